The van der Waals surface area contributed by atoms with Gasteiger partial charge in [-0.2, -0.15) is 0 Å². The molecule has 0 spiro atoms. The van der Waals surface area contributed by atoms with Crippen LogP contribution in [0.2, 0.25) is 0 Å². The van der Waals surface area contributed by atoms with Crippen LogP contribution >= 0.6 is 0 Å². The van der Waals surface area contributed by atoms with Crippen LogP contribution in [-0.4, -0.2) is 68.7 Å². The number of ether oxygens (including phenoxy) is 6. The van der Waals surface area contributed by atoms with E-state index in [1.165, 1.54) is 0 Å². The molecule has 3 rings (SSSR count). The fourth-order valence-corrected chi connectivity index (χ4v) is 6.16. The summed E-state index contributed by atoms with van der Waals surface area (Å²) >= 11 is 0. The Bertz CT molecular complexity index is 701. The molecule has 216 valence electrons. The van der Waals surface area contributed by atoms with E-state index in [1.54, 1.807) is 6.08 Å². The third-order valence-electron chi connectivity index (χ3n) is 10.4. The van der Waals surface area contributed by atoms with Gasteiger partial charge in [-0.3, -0.25) is 0 Å². The van der Waals surface area contributed by atoms with Gasteiger partial charge in [-0.1, -0.05) is 68.4 Å². The van der Waals surface area contributed by atoms with Crippen LogP contribution in [0.15, 0.2) is 12.7 Å². The van der Waals surface area contributed by atoms with Crippen LogP contribution in [0.3, 0.4) is 0 Å². The molecule has 3 heterocycles. The van der Waals surface area contributed by atoms with Crippen molar-refractivity contribution in [1.82, 2.24) is 0 Å². The summed E-state index contributed by atoms with van der Waals surface area (Å²) in [6.45, 7) is 25.1. The molecule has 3 aliphatic heterocycles. The summed E-state index contributed by atoms with van der Waals surface area (Å²) in [5, 5.41) is 9.77. The zero-order valence-corrected chi connectivity index (χ0v) is 24.7. The van der Waals surface area contributed by atoms with Gasteiger partial charge in [0.2, 0.25) is 0 Å². The Labute approximate surface area is 225 Å². The molecule has 0 aromatic carbocycles. The van der Waals surface area contributed by atoms with Gasteiger partial charge in [0.15, 0.2) is 18.9 Å². The summed E-state index contributed by atoms with van der Waals surface area (Å²) in [6, 6.07) is 0. The van der Waals surface area contributed by atoms with E-state index in [4.69, 9.17) is 28.4 Å². The lowest BCUT2D eigenvalue weighted by Crippen LogP contribution is -2.52. The summed E-state index contributed by atoms with van der Waals surface area (Å²) in [7, 11) is 0. The van der Waals surface area contributed by atoms with E-state index < -0.39 is 0 Å². The second kappa shape index (κ2) is 13.7. The van der Waals surface area contributed by atoms with E-state index in [2.05, 4.69) is 68.9 Å². The third kappa shape index (κ3) is 6.97. The molecule has 0 aromatic heterocycles. The average Bonchev–Trinajstić information content (AvgIpc) is 2.89. The van der Waals surface area contributed by atoms with E-state index in [0.29, 0.717) is 61.2 Å². The Hall–Kier alpha value is -0.540. The van der Waals surface area contributed by atoms with Crippen LogP contribution in [0.5, 0.6) is 0 Å². The topological polar surface area (TPSA) is 75.6 Å². The van der Waals surface area contributed by atoms with Crippen molar-refractivity contribution in [2.45, 2.75) is 99.5 Å². The summed E-state index contributed by atoms with van der Waals surface area (Å²) in [4.78, 5) is 0. The SMILES string of the molecule is C=CCO[C@@H]1OC(CO[C@@H]2OC(CO[C@@H]3OC(CO)[C@@H](C)[C@H](C)C3C)[C@@H](C)[C@H](C)C2C)[C@@H](C)[C@H](C)C1C. The molecule has 0 aliphatic carbocycles. The second-order valence-corrected chi connectivity index (χ2v) is 12.3. The van der Waals surface area contributed by atoms with Crippen LogP contribution in [0.1, 0.15) is 62.3 Å². The average molecular weight is 527 g/mol. The minimum absolute atomic E-state index is 0.0113. The Balaban J connectivity index is 1.59. The monoisotopic (exact) mass is 526 g/mol. The zero-order chi connectivity index (χ0) is 27.4. The van der Waals surface area contributed by atoms with Crippen molar-refractivity contribution in [3.8, 4) is 0 Å². The molecule has 0 saturated carbocycles. The first-order valence-electron chi connectivity index (χ1n) is 14.5. The summed E-state index contributed by atoms with van der Waals surface area (Å²) in [5.74, 6) is 3.02. The predicted molar refractivity (Wildman–Crippen MR) is 144 cm³/mol. The number of hydrogen-bond donors (Lipinski definition) is 1. The molecule has 1 N–H and O–H groups in total. The van der Waals surface area contributed by atoms with Gasteiger partial charge in [0.25, 0.3) is 0 Å². The first-order valence-corrected chi connectivity index (χ1v) is 14.5. The van der Waals surface area contributed by atoms with Crippen molar-refractivity contribution in [3.63, 3.8) is 0 Å². The van der Waals surface area contributed by atoms with E-state index in [9.17, 15) is 5.11 Å². The number of aliphatic hydroxyl groups excluding tert-OH is 1. The fraction of sp³-hybridized carbons (Fsp3) is 0.933. The normalized spacial score (nSPS) is 49.1. The van der Waals surface area contributed by atoms with Crippen molar-refractivity contribution in [3.05, 3.63) is 12.7 Å². The molecule has 3 aliphatic rings. The first kappa shape index (κ1) is 31.0. The van der Waals surface area contributed by atoms with E-state index in [0.717, 1.165) is 0 Å². The molecule has 7 nitrogen and oxygen atoms in total. The maximum absolute atomic E-state index is 9.77. The molecule has 37 heavy (non-hydrogen) atoms. The highest BCUT2D eigenvalue weighted by molar-refractivity contribution is 4.87. The lowest BCUT2D eigenvalue weighted by molar-refractivity contribution is -0.304. The molecule has 15 atom stereocenters. The van der Waals surface area contributed by atoms with Crippen LogP contribution in [0.25, 0.3) is 0 Å². The minimum atomic E-state index is -0.347. The standard InChI is InChI=1S/C30H54O7/c1-11-12-32-28-22(8)17(3)20(6)26(36-28)14-34-30-24(10)18(4)21(7)27(37-30)15-33-29-23(9)16(2)19(5)25(13-31)35-29/h11,16-31H,1,12-15H2,2-10H3/t16-,17-,18-,19-,20-,21-,22?,23?,24?,25?,26?,27?,28+,29+,30+/m0/s1. The summed E-state index contributed by atoms with van der Waals surface area (Å²) < 4.78 is 37.7. The Kier molecular flexibility index (Phi) is 11.5. The zero-order valence-electron chi connectivity index (χ0n) is 24.7. The molecular weight excluding hydrogens is 472 g/mol. The van der Waals surface area contributed by atoms with Crippen molar-refractivity contribution < 1.29 is 33.5 Å². The van der Waals surface area contributed by atoms with Crippen LogP contribution in [0.4, 0.5) is 0 Å². The van der Waals surface area contributed by atoms with Crippen LogP contribution < -0.4 is 0 Å². The lowest BCUT2D eigenvalue weighted by Gasteiger charge is -2.47. The number of aliphatic hydroxyl groups is 1. The quantitative estimate of drug-likeness (QED) is 0.396. The van der Waals surface area contributed by atoms with Gasteiger partial charge in [0.1, 0.15) is 0 Å². The van der Waals surface area contributed by atoms with Crippen molar-refractivity contribution in [1.29, 1.82) is 0 Å². The predicted octanol–water partition coefficient (Wildman–Crippen LogP) is 5.11. The first-order chi connectivity index (χ1) is 17.5. The van der Waals surface area contributed by atoms with Gasteiger partial charge in [-0.15, -0.1) is 6.58 Å². The van der Waals surface area contributed by atoms with Crippen molar-refractivity contribution >= 4 is 0 Å². The highest BCUT2D eigenvalue weighted by Gasteiger charge is 2.44. The molecule has 0 amide bonds. The van der Waals surface area contributed by atoms with E-state index >= 15 is 0 Å². The van der Waals surface area contributed by atoms with Crippen LogP contribution in [0, 0.1) is 53.3 Å². The van der Waals surface area contributed by atoms with Crippen molar-refractivity contribution in [2.24, 2.45) is 53.3 Å². The second-order valence-electron chi connectivity index (χ2n) is 12.3. The van der Waals surface area contributed by atoms with E-state index in [-0.39, 0.29) is 55.6 Å². The molecule has 0 aromatic rings. The van der Waals surface area contributed by atoms with E-state index in [1.807, 2.05) is 0 Å². The smallest absolute Gasteiger partial charge is 0.161 e. The Morgan fingerprint density at radius 3 is 1.27 bits per heavy atom. The van der Waals surface area contributed by atoms with Gasteiger partial charge in [0, 0.05) is 17.8 Å². The number of hydrogen-bond acceptors (Lipinski definition) is 7. The molecule has 3 fully saturated rings. The molecule has 7 heteroatoms. The maximum Gasteiger partial charge on any atom is 0.161 e. The van der Waals surface area contributed by atoms with Crippen molar-refractivity contribution in [2.75, 3.05) is 26.4 Å². The summed E-state index contributed by atoms with van der Waals surface area (Å²) in [6.07, 6.45) is 0.479. The van der Waals surface area contributed by atoms with Gasteiger partial charge in [-0.05, 0) is 35.5 Å². The highest BCUT2D eigenvalue weighted by Crippen LogP contribution is 2.40. The largest absolute Gasteiger partial charge is 0.394 e. The van der Waals surface area contributed by atoms with Gasteiger partial charge >= 0.3 is 0 Å². The lowest BCUT2D eigenvalue weighted by atomic mass is 9.78. The Morgan fingerprint density at radius 2 is 0.892 bits per heavy atom. The van der Waals surface area contributed by atoms with Gasteiger partial charge in [-0.25, -0.2) is 0 Å². The molecule has 0 radical (unpaired) electrons. The summed E-state index contributed by atoms with van der Waals surface area (Å²) in [5.41, 5.74) is 0. The third-order valence-corrected chi connectivity index (χ3v) is 10.4. The fourth-order valence-electron chi connectivity index (χ4n) is 6.16. The minimum Gasteiger partial charge on any atom is -0.394 e. The Morgan fingerprint density at radius 1 is 0.541 bits per heavy atom. The molecule has 3 saturated heterocycles. The van der Waals surface area contributed by atoms with Gasteiger partial charge in [0.05, 0.1) is 44.7 Å². The highest BCUT2D eigenvalue weighted by atomic mass is 16.7. The van der Waals surface area contributed by atoms with Crippen LogP contribution in [-0.2, 0) is 28.4 Å². The maximum atomic E-state index is 9.77. The molecule has 0 bridgehead atoms. The van der Waals surface area contributed by atoms with Gasteiger partial charge < -0.3 is 33.5 Å². The molecule has 6 unspecified atom stereocenters. The molecular formula is C30H54O7. The number of rotatable bonds is 10.